The van der Waals surface area contributed by atoms with Crippen LogP contribution in [0.1, 0.15) is 45.4 Å². The SMILES string of the molecule is CCCP(=O)(OCC(F)(F)F)OC1CCCCC1. The first-order valence-electron chi connectivity index (χ1n) is 6.33. The van der Waals surface area contributed by atoms with E-state index in [0.29, 0.717) is 6.42 Å². The molecule has 0 spiro atoms. The fraction of sp³-hybridized carbons (Fsp3) is 1.00. The number of halogens is 3. The molecule has 1 aliphatic carbocycles. The van der Waals surface area contributed by atoms with E-state index in [0.717, 1.165) is 32.1 Å². The van der Waals surface area contributed by atoms with E-state index in [1.54, 1.807) is 6.92 Å². The van der Waals surface area contributed by atoms with Gasteiger partial charge in [0.2, 0.25) is 0 Å². The van der Waals surface area contributed by atoms with Crippen LogP contribution >= 0.6 is 7.60 Å². The van der Waals surface area contributed by atoms with Crippen LogP contribution in [0.4, 0.5) is 13.2 Å². The predicted octanol–water partition coefficient (Wildman–Crippen LogP) is 4.52. The van der Waals surface area contributed by atoms with Crippen LogP contribution in [0.5, 0.6) is 0 Å². The monoisotopic (exact) mass is 288 g/mol. The molecule has 1 saturated carbocycles. The van der Waals surface area contributed by atoms with E-state index in [9.17, 15) is 17.7 Å². The first-order valence-corrected chi connectivity index (χ1v) is 8.06. The van der Waals surface area contributed by atoms with Gasteiger partial charge >= 0.3 is 13.8 Å². The molecule has 0 N–H and O–H groups in total. The van der Waals surface area contributed by atoms with Crippen LogP contribution in [0.3, 0.4) is 0 Å². The van der Waals surface area contributed by atoms with Crippen molar-refractivity contribution in [3.05, 3.63) is 0 Å². The zero-order valence-electron chi connectivity index (χ0n) is 10.5. The van der Waals surface area contributed by atoms with Crippen molar-refractivity contribution in [1.29, 1.82) is 0 Å². The highest BCUT2D eigenvalue weighted by Crippen LogP contribution is 2.52. The van der Waals surface area contributed by atoms with Gasteiger partial charge in [0.15, 0.2) is 6.61 Å². The Kier molecular flexibility index (Phi) is 6.15. The maximum Gasteiger partial charge on any atom is 0.412 e. The summed E-state index contributed by atoms with van der Waals surface area (Å²) in [5, 5.41) is 0. The summed E-state index contributed by atoms with van der Waals surface area (Å²) in [6.45, 7) is 0.241. The molecule has 1 rings (SSSR count). The summed E-state index contributed by atoms with van der Waals surface area (Å²) < 4.78 is 58.4. The molecule has 0 aromatic heterocycles. The Morgan fingerprint density at radius 1 is 1.22 bits per heavy atom. The van der Waals surface area contributed by atoms with Crippen molar-refractivity contribution in [3.63, 3.8) is 0 Å². The Bertz CT molecular complexity index is 288. The minimum atomic E-state index is -4.47. The van der Waals surface area contributed by atoms with Gasteiger partial charge in [0, 0.05) is 6.16 Å². The second-order valence-electron chi connectivity index (χ2n) is 4.59. The highest BCUT2D eigenvalue weighted by Gasteiger charge is 2.35. The number of alkyl halides is 3. The standard InChI is InChI=1S/C11H20F3O3P/c1-2-8-18(15,16-9-11(12,13)14)17-10-6-4-3-5-7-10/h10H,2-9H2,1H3. The summed E-state index contributed by atoms with van der Waals surface area (Å²) in [5.74, 6) is 0. The minimum absolute atomic E-state index is 0.0413. The molecule has 0 aromatic carbocycles. The third kappa shape index (κ3) is 6.21. The van der Waals surface area contributed by atoms with Gasteiger partial charge in [0.25, 0.3) is 0 Å². The largest absolute Gasteiger partial charge is 0.412 e. The molecule has 1 unspecified atom stereocenters. The van der Waals surface area contributed by atoms with E-state index in [1.807, 2.05) is 0 Å². The molecule has 3 nitrogen and oxygen atoms in total. The molecule has 0 aliphatic heterocycles. The zero-order valence-corrected chi connectivity index (χ0v) is 11.4. The van der Waals surface area contributed by atoms with Crippen LogP contribution in [0, 0.1) is 0 Å². The lowest BCUT2D eigenvalue weighted by molar-refractivity contribution is -0.155. The third-order valence-electron chi connectivity index (χ3n) is 2.78. The van der Waals surface area contributed by atoms with E-state index in [1.165, 1.54) is 0 Å². The van der Waals surface area contributed by atoms with Crippen molar-refractivity contribution in [2.75, 3.05) is 12.8 Å². The Morgan fingerprint density at radius 3 is 2.33 bits per heavy atom. The summed E-state index contributed by atoms with van der Waals surface area (Å²) >= 11 is 0. The van der Waals surface area contributed by atoms with Crippen molar-refractivity contribution in [3.8, 4) is 0 Å². The van der Waals surface area contributed by atoms with Crippen molar-refractivity contribution in [2.24, 2.45) is 0 Å². The third-order valence-corrected chi connectivity index (χ3v) is 4.92. The van der Waals surface area contributed by atoms with E-state index in [-0.39, 0.29) is 12.3 Å². The zero-order chi connectivity index (χ0) is 13.6. The van der Waals surface area contributed by atoms with Crippen LogP contribution in [0.25, 0.3) is 0 Å². The Morgan fingerprint density at radius 2 is 1.83 bits per heavy atom. The minimum Gasteiger partial charge on any atom is -0.305 e. The van der Waals surface area contributed by atoms with Gasteiger partial charge in [-0.2, -0.15) is 13.2 Å². The van der Waals surface area contributed by atoms with Gasteiger partial charge in [-0.1, -0.05) is 26.2 Å². The lowest BCUT2D eigenvalue weighted by Crippen LogP contribution is -2.21. The normalized spacial score (nSPS) is 21.8. The molecule has 108 valence electrons. The Hall–Kier alpha value is -0.0600. The molecule has 1 fully saturated rings. The number of rotatable bonds is 6. The predicted molar refractivity (Wildman–Crippen MR) is 62.7 cm³/mol. The van der Waals surface area contributed by atoms with E-state index >= 15 is 0 Å². The summed E-state index contributed by atoms with van der Waals surface area (Å²) in [6, 6.07) is 0. The van der Waals surface area contributed by atoms with Crippen molar-refractivity contribution in [1.82, 2.24) is 0 Å². The smallest absolute Gasteiger partial charge is 0.305 e. The first kappa shape index (κ1) is 16.0. The summed E-state index contributed by atoms with van der Waals surface area (Å²) in [7, 11) is -3.60. The van der Waals surface area contributed by atoms with Gasteiger partial charge in [-0.05, 0) is 19.3 Å². The van der Waals surface area contributed by atoms with Gasteiger partial charge in [0.05, 0.1) is 6.10 Å². The highest BCUT2D eigenvalue weighted by molar-refractivity contribution is 7.53. The van der Waals surface area contributed by atoms with E-state index < -0.39 is 20.4 Å². The molecule has 0 saturated heterocycles. The molecule has 0 heterocycles. The molecule has 18 heavy (non-hydrogen) atoms. The number of hydrogen-bond acceptors (Lipinski definition) is 3. The maximum atomic E-state index is 12.2. The van der Waals surface area contributed by atoms with Gasteiger partial charge in [-0.15, -0.1) is 0 Å². The number of hydrogen-bond donors (Lipinski definition) is 0. The van der Waals surface area contributed by atoms with Gasteiger partial charge in [0.1, 0.15) is 0 Å². The molecular weight excluding hydrogens is 268 g/mol. The topological polar surface area (TPSA) is 35.5 Å². The lowest BCUT2D eigenvalue weighted by Gasteiger charge is -2.27. The fourth-order valence-corrected chi connectivity index (χ4v) is 3.84. The first-order chi connectivity index (χ1) is 8.35. The molecule has 0 aromatic rings. The molecule has 1 aliphatic rings. The van der Waals surface area contributed by atoms with E-state index in [2.05, 4.69) is 4.52 Å². The van der Waals surface area contributed by atoms with Gasteiger partial charge in [-0.3, -0.25) is 9.09 Å². The molecule has 0 bridgehead atoms. The van der Waals surface area contributed by atoms with Crippen molar-refractivity contribution in [2.45, 2.75) is 57.7 Å². The molecule has 0 radical (unpaired) electrons. The van der Waals surface area contributed by atoms with Crippen LogP contribution < -0.4 is 0 Å². The molecule has 0 amide bonds. The maximum absolute atomic E-state index is 12.2. The van der Waals surface area contributed by atoms with Crippen LogP contribution in [0.15, 0.2) is 0 Å². The Labute approximate surface area is 106 Å². The quantitative estimate of drug-likeness (QED) is 0.674. The highest BCUT2D eigenvalue weighted by atomic mass is 31.2. The van der Waals surface area contributed by atoms with Crippen LogP contribution in [0.2, 0.25) is 0 Å². The van der Waals surface area contributed by atoms with Crippen molar-refractivity contribution < 1.29 is 26.8 Å². The average molecular weight is 288 g/mol. The van der Waals surface area contributed by atoms with Crippen LogP contribution in [-0.2, 0) is 13.6 Å². The summed E-state index contributed by atoms with van der Waals surface area (Å²) in [5.41, 5.74) is 0. The Balaban J connectivity index is 2.52. The van der Waals surface area contributed by atoms with E-state index in [4.69, 9.17) is 4.52 Å². The van der Waals surface area contributed by atoms with Gasteiger partial charge < -0.3 is 4.52 Å². The fourth-order valence-electron chi connectivity index (χ4n) is 1.99. The molecular formula is C11H20F3O3P. The summed E-state index contributed by atoms with van der Waals surface area (Å²) in [4.78, 5) is 0. The van der Waals surface area contributed by atoms with Crippen molar-refractivity contribution >= 4 is 7.60 Å². The lowest BCUT2D eigenvalue weighted by atomic mass is 9.98. The summed E-state index contributed by atoms with van der Waals surface area (Å²) in [6.07, 6.45) is 0.366. The van der Waals surface area contributed by atoms with Crippen LogP contribution in [-0.4, -0.2) is 25.0 Å². The second-order valence-corrected chi connectivity index (χ2v) is 6.73. The molecule has 7 heteroatoms. The second kappa shape index (κ2) is 6.92. The average Bonchev–Trinajstić information content (AvgIpc) is 2.27. The van der Waals surface area contributed by atoms with Gasteiger partial charge in [-0.25, -0.2) is 0 Å². The molecule has 1 atom stereocenters.